The van der Waals surface area contributed by atoms with Crippen molar-refractivity contribution in [3.63, 3.8) is 0 Å². The van der Waals surface area contributed by atoms with E-state index in [-0.39, 0.29) is 18.3 Å². The minimum absolute atomic E-state index is 0.274. The molecule has 0 spiro atoms. The van der Waals surface area contributed by atoms with Crippen molar-refractivity contribution in [3.8, 4) is 0 Å². The normalized spacial score (nSPS) is 28.3. The molecule has 3 heterocycles. The van der Waals surface area contributed by atoms with Gasteiger partial charge in [-0.05, 0) is 33.3 Å². The van der Waals surface area contributed by atoms with Gasteiger partial charge < -0.3 is 14.0 Å². The first kappa shape index (κ1) is 16.9. The topological polar surface area (TPSA) is 43.8 Å². The molecule has 126 valence electrons. The molecule has 0 saturated carbocycles. The molecule has 2 aliphatic heterocycles. The number of ether oxygens (including phenoxy) is 1. The van der Waals surface area contributed by atoms with Crippen molar-refractivity contribution >= 4 is 12.6 Å². The summed E-state index contributed by atoms with van der Waals surface area (Å²) in [5.74, 6) is 0. The number of hydrogen-bond acceptors (Lipinski definition) is 5. The third kappa shape index (κ3) is 3.45. The fourth-order valence-electron chi connectivity index (χ4n) is 3.10. The lowest BCUT2D eigenvalue weighted by atomic mass is 9.80. The summed E-state index contributed by atoms with van der Waals surface area (Å²) in [4.78, 5) is 6.96. The molecule has 2 saturated heterocycles. The summed E-state index contributed by atoms with van der Waals surface area (Å²) in [5, 5.41) is 0. The third-order valence-corrected chi connectivity index (χ3v) is 5.33. The molecule has 0 aliphatic carbocycles. The molecule has 6 heteroatoms. The number of nitrogens with zero attached hydrogens (tertiary/aromatic N) is 2. The second-order valence-corrected chi connectivity index (χ2v) is 7.13. The van der Waals surface area contributed by atoms with Crippen LogP contribution in [0.2, 0.25) is 0 Å². The lowest BCUT2D eigenvalue weighted by molar-refractivity contribution is -0.0118. The van der Waals surface area contributed by atoms with Crippen LogP contribution in [0.1, 0.15) is 39.8 Å². The summed E-state index contributed by atoms with van der Waals surface area (Å²) in [7, 11) is -0.333. The summed E-state index contributed by atoms with van der Waals surface area (Å²) >= 11 is 0. The van der Waals surface area contributed by atoms with E-state index >= 15 is 0 Å². The van der Waals surface area contributed by atoms with E-state index in [2.05, 4.69) is 49.7 Å². The van der Waals surface area contributed by atoms with Gasteiger partial charge in [-0.1, -0.05) is 13.0 Å². The maximum Gasteiger partial charge on any atom is 0.496 e. The van der Waals surface area contributed by atoms with Crippen LogP contribution in [0.25, 0.3) is 0 Å². The summed E-state index contributed by atoms with van der Waals surface area (Å²) in [6.07, 6.45) is 2.80. The highest BCUT2D eigenvalue weighted by Crippen LogP contribution is 2.39. The van der Waals surface area contributed by atoms with Crippen LogP contribution in [0.3, 0.4) is 0 Å². The smallest absolute Gasteiger partial charge is 0.399 e. The van der Waals surface area contributed by atoms with Crippen molar-refractivity contribution in [1.82, 2.24) is 9.88 Å². The van der Waals surface area contributed by atoms with Crippen LogP contribution in [-0.2, 0) is 20.6 Å². The molecule has 0 bridgehead atoms. The van der Waals surface area contributed by atoms with E-state index < -0.39 is 0 Å². The van der Waals surface area contributed by atoms with Crippen molar-refractivity contribution in [1.29, 1.82) is 0 Å². The van der Waals surface area contributed by atoms with E-state index in [1.807, 2.05) is 6.20 Å². The average Bonchev–Trinajstić information content (AvgIpc) is 2.79. The summed E-state index contributed by atoms with van der Waals surface area (Å²) < 4.78 is 17.7. The number of pyridine rings is 1. The monoisotopic (exact) mass is 318 g/mol. The van der Waals surface area contributed by atoms with E-state index in [4.69, 9.17) is 14.0 Å². The SMILES string of the molecule is CCC1(C)OB(c2ccc(CN3CCOCC3)nc2)OC1(C)C. The minimum Gasteiger partial charge on any atom is -0.399 e. The van der Waals surface area contributed by atoms with Gasteiger partial charge in [0.1, 0.15) is 0 Å². The average molecular weight is 318 g/mol. The molecule has 0 amide bonds. The lowest BCUT2D eigenvalue weighted by Crippen LogP contribution is -2.44. The van der Waals surface area contributed by atoms with Crippen molar-refractivity contribution in [2.24, 2.45) is 0 Å². The Morgan fingerprint density at radius 1 is 1.17 bits per heavy atom. The van der Waals surface area contributed by atoms with Gasteiger partial charge in [0.2, 0.25) is 0 Å². The van der Waals surface area contributed by atoms with Crippen LogP contribution in [-0.4, -0.2) is 54.5 Å². The van der Waals surface area contributed by atoms with Crippen LogP contribution >= 0.6 is 0 Å². The van der Waals surface area contributed by atoms with Gasteiger partial charge in [0.25, 0.3) is 0 Å². The maximum atomic E-state index is 6.20. The molecular weight excluding hydrogens is 291 g/mol. The minimum atomic E-state index is -0.333. The van der Waals surface area contributed by atoms with Gasteiger partial charge in [0.15, 0.2) is 0 Å². The van der Waals surface area contributed by atoms with Gasteiger partial charge in [0.05, 0.1) is 30.1 Å². The maximum absolute atomic E-state index is 6.20. The van der Waals surface area contributed by atoms with Gasteiger partial charge in [-0.25, -0.2) is 0 Å². The molecule has 1 unspecified atom stereocenters. The van der Waals surface area contributed by atoms with Gasteiger partial charge in [-0.15, -0.1) is 0 Å². The Labute approximate surface area is 139 Å². The summed E-state index contributed by atoms with van der Waals surface area (Å²) in [6, 6.07) is 4.15. The highest BCUT2D eigenvalue weighted by molar-refractivity contribution is 6.62. The Hall–Kier alpha value is -0.945. The quantitative estimate of drug-likeness (QED) is 0.789. The molecule has 0 radical (unpaired) electrons. The molecule has 2 aliphatic rings. The Kier molecular flexibility index (Phi) is 4.79. The van der Waals surface area contributed by atoms with Crippen LogP contribution in [0.5, 0.6) is 0 Å². The predicted octanol–water partition coefficient (Wildman–Crippen LogP) is 1.60. The molecule has 0 aromatic carbocycles. The highest BCUT2D eigenvalue weighted by Gasteiger charge is 2.53. The van der Waals surface area contributed by atoms with E-state index in [0.717, 1.165) is 50.4 Å². The van der Waals surface area contributed by atoms with Crippen molar-refractivity contribution in [2.75, 3.05) is 26.3 Å². The number of morpholine rings is 1. The molecule has 1 atom stereocenters. The zero-order chi connectivity index (χ0) is 16.5. The van der Waals surface area contributed by atoms with E-state index in [1.165, 1.54) is 0 Å². The number of aromatic nitrogens is 1. The molecule has 5 nitrogen and oxygen atoms in total. The molecule has 1 aromatic heterocycles. The Balaban J connectivity index is 1.66. The second kappa shape index (κ2) is 6.51. The Bertz CT molecular complexity index is 531. The zero-order valence-corrected chi connectivity index (χ0v) is 14.7. The van der Waals surface area contributed by atoms with Gasteiger partial charge in [-0.2, -0.15) is 0 Å². The fraction of sp³-hybridized carbons (Fsp3) is 0.706. The second-order valence-electron chi connectivity index (χ2n) is 7.13. The van der Waals surface area contributed by atoms with Crippen molar-refractivity contribution in [3.05, 3.63) is 24.0 Å². The Morgan fingerprint density at radius 3 is 2.48 bits per heavy atom. The van der Waals surface area contributed by atoms with E-state index in [0.29, 0.717) is 0 Å². The largest absolute Gasteiger partial charge is 0.496 e. The van der Waals surface area contributed by atoms with Crippen LogP contribution in [0.4, 0.5) is 0 Å². The summed E-state index contributed by atoms with van der Waals surface area (Å²) in [6.45, 7) is 12.9. The number of hydrogen-bond donors (Lipinski definition) is 0. The van der Waals surface area contributed by atoms with Crippen LogP contribution < -0.4 is 5.46 Å². The van der Waals surface area contributed by atoms with E-state index in [9.17, 15) is 0 Å². The fourth-order valence-corrected chi connectivity index (χ4v) is 3.10. The van der Waals surface area contributed by atoms with Gasteiger partial charge in [0, 0.05) is 31.3 Å². The molecule has 3 rings (SSSR count). The molecule has 2 fully saturated rings. The first-order valence-corrected chi connectivity index (χ1v) is 8.54. The lowest BCUT2D eigenvalue weighted by Gasteiger charge is -2.35. The van der Waals surface area contributed by atoms with Crippen molar-refractivity contribution < 1.29 is 14.0 Å². The predicted molar refractivity (Wildman–Crippen MR) is 90.7 cm³/mol. The molecule has 23 heavy (non-hydrogen) atoms. The highest BCUT2D eigenvalue weighted by atomic mass is 16.7. The summed E-state index contributed by atoms with van der Waals surface area (Å²) in [5.41, 5.74) is 1.48. The third-order valence-electron chi connectivity index (χ3n) is 5.33. The molecule has 1 aromatic rings. The first-order chi connectivity index (χ1) is 10.9. The van der Waals surface area contributed by atoms with Crippen molar-refractivity contribution in [2.45, 2.75) is 51.9 Å². The zero-order valence-electron chi connectivity index (χ0n) is 14.7. The van der Waals surface area contributed by atoms with Gasteiger partial charge in [-0.3, -0.25) is 9.88 Å². The van der Waals surface area contributed by atoms with Gasteiger partial charge >= 0.3 is 7.12 Å². The standard InChI is InChI=1S/C17H27BN2O3/c1-5-17(4)16(2,3)22-18(23-17)14-6-7-15(19-12-14)13-20-8-10-21-11-9-20/h6-7,12H,5,8-11,13H2,1-4H3. The van der Waals surface area contributed by atoms with Crippen LogP contribution in [0.15, 0.2) is 18.3 Å². The van der Waals surface area contributed by atoms with E-state index in [1.54, 1.807) is 0 Å². The molecular formula is C17H27BN2O3. The number of rotatable bonds is 4. The van der Waals surface area contributed by atoms with Crippen LogP contribution in [0, 0.1) is 0 Å². The Morgan fingerprint density at radius 2 is 1.91 bits per heavy atom. The first-order valence-electron chi connectivity index (χ1n) is 8.54. The molecule has 0 N–H and O–H groups in total.